The fourth-order valence-electron chi connectivity index (χ4n) is 2.63. The van der Waals surface area contributed by atoms with E-state index in [4.69, 9.17) is 14.0 Å². The molecule has 0 amide bonds. The van der Waals surface area contributed by atoms with Gasteiger partial charge in [-0.3, -0.25) is 0 Å². The van der Waals surface area contributed by atoms with Crippen molar-refractivity contribution in [2.45, 2.75) is 70.7 Å². The highest BCUT2D eigenvalue weighted by Gasteiger charge is 2.53. The van der Waals surface area contributed by atoms with Gasteiger partial charge in [0.2, 0.25) is 0 Å². The van der Waals surface area contributed by atoms with Crippen molar-refractivity contribution in [1.82, 2.24) is 0 Å². The first-order valence-electron chi connectivity index (χ1n) is 7.40. The van der Waals surface area contributed by atoms with Crippen molar-refractivity contribution < 1.29 is 18.8 Å². The average Bonchev–Trinajstić information content (AvgIpc) is 2.59. The summed E-state index contributed by atoms with van der Waals surface area (Å²) >= 11 is 0. The molecule has 0 aromatic heterocycles. The lowest BCUT2D eigenvalue weighted by molar-refractivity contribution is -0.131. The number of rotatable bonds is 4. The molecule has 1 unspecified atom stereocenters. The lowest BCUT2D eigenvalue weighted by Gasteiger charge is -2.32. The molecule has 1 fully saturated rings. The molecule has 1 saturated heterocycles. The number of ether oxygens (including phenoxy) is 1. The molecule has 1 atom stereocenters. The van der Waals surface area contributed by atoms with Gasteiger partial charge < -0.3 is 18.8 Å². The van der Waals surface area contributed by atoms with Gasteiger partial charge >= 0.3 is 7.12 Å². The molecule has 5 heteroatoms. The van der Waals surface area contributed by atoms with Crippen LogP contribution in [-0.4, -0.2) is 36.8 Å². The molecule has 2 rings (SSSR count). The molecule has 1 aliphatic carbocycles. The van der Waals surface area contributed by atoms with Crippen molar-refractivity contribution in [3.8, 4) is 0 Å². The lowest BCUT2D eigenvalue weighted by Crippen LogP contribution is -2.41. The topological polar surface area (TPSA) is 44.8 Å². The Morgan fingerprint density at radius 2 is 1.90 bits per heavy atom. The van der Waals surface area contributed by atoms with E-state index in [9.17, 15) is 4.79 Å². The summed E-state index contributed by atoms with van der Waals surface area (Å²) < 4.78 is 17.7. The van der Waals surface area contributed by atoms with Gasteiger partial charge in [-0.2, -0.15) is 0 Å². The Kier molecular flexibility index (Phi) is 4.16. The fourth-order valence-corrected chi connectivity index (χ4v) is 2.63. The zero-order chi connectivity index (χ0) is 15.0. The maximum absolute atomic E-state index is 11.3. The van der Waals surface area contributed by atoms with Gasteiger partial charge in [0.1, 0.15) is 5.60 Å². The summed E-state index contributed by atoms with van der Waals surface area (Å²) in [6.45, 7) is 10.7. The SMILES string of the molecule is CCOC1(C=O)CC=C(B2OC(C)(C)C(C)(C)O2)CC1. The van der Waals surface area contributed by atoms with E-state index in [0.29, 0.717) is 19.4 Å². The van der Waals surface area contributed by atoms with Crippen LogP contribution in [0.1, 0.15) is 53.9 Å². The predicted molar refractivity (Wildman–Crippen MR) is 78.4 cm³/mol. The van der Waals surface area contributed by atoms with Gasteiger partial charge in [-0.25, -0.2) is 0 Å². The third-order valence-electron chi connectivity index (χ3n) is 4.75. The summed E-state index contributed by atoms with van der Waals surface area (Å²) in [6, 6.07) is 0. The quantitative estimate of drug-likeness (QED) is 0.586. The minimum absolute atomic E-state index is 0.300. The monoisotopic (exact) mass is 280 g/mol. The molecule has 4 nitrogen and oxygen atoms in total. The molecule has 1 heterocycles. The third-order valence-corrected chi connectivity index (χ3v) is 4.75. The molecular weight excluding hydrogens is 255 g/mol. The van der Waals surface area contributed by atoms with E-state index in [-0.39, 0.29) is 18.3 Å². The van der Waals surface area contributed by atoms with E-state index >= 15 is 0 Å². The number of hydrogen-bond acceptors (Lipinski definition) is 4. The van der Waals surface area contributed by atoms with Crippen LogP contribution in [0.25, 0.3) is 0 Å². The zero-order valence-corrected chi connectivity index (χ0v) is 13.2. The molecule has 0 aromatic rings. The van der Waals surface area contributed by atoms with Crippen LogP contribution in [0.5, 0.6) is 0 Å². The summed E-state index contributed by atoms with van der Waals surface area (Å²) in [7, 11) is -0.300. The van der Waals surface area contributed by atoms with E-state index in [1.165, 1.54) is 0 Å². The van der Waals surface area contributed by atoms with E-state index in [2.05, 4.69) is 6.08 Å². The molecule has 0 aromatic carbocycles. The van der Waals surface area contributed by atoms with Crippen molar-refractivity contribution in [3.05, 3.63) is 11.5 Å². The number of aldehydes is 1. The van der Waals surface area contributed by atoms with Gasteiger partial charge in [0, 0.05) is 13.0 Å². The second-order valence-corrected chi connectivity index (χ2v) is 6.69. The molecule has 0 radical (unpaired) electrons. The summed E-state index contributed by atoms with van der Waals surface area (Å²) in [6.07, 6.45) is 5.06. The first-order chi connectivity index (χ1) is 9.25. The predicted octanol–water partition coefficient (Wildman–Crippen LogP) is 2.70. The van der Waals surface area contributed by atoms with Crippen molar-refractivity contribution >= 4 is 13.4 Å². The Morgan fingerprint density at radius 1 is 1.30 bits per heavy atom. The van der Waals surface area contributed by atoms with E-state index < -0.39 is 5.60 Å². The Bertz CT molecular complexity index is 400. The highest BCUT2D eigenvalue weighted by atomic mass is 16.7. The number of hydrogen-bond donors (Lipinski definition) is 0. The number of allylic oxidation sites excluding steroid dienone is 1. The van der Waals surface area contributed by atoms with Gasteiger partial charge in [0.05, 0.1) is 11.2 Å². The van der Waals surface area contributed by atoms with Crippen LogP contribution >= 0.6 is 0 Å². The van der Waals surface area contributed by atoms with Crippen molar-refractivity contribution in [2.24, 2.45) is 0 Å². The number of carbonyl (C=O) groups is 1. The summed E-state index contributed by atoms with van der Waals surface area (Å²) in [4.78, 5) is 11.3. The second kappa shape index (κ2) is 5.28. The normalized spacial score (nSPS) is 32.0. The maximum Gasteiger partial charge on any atom is 0.490 e. The molecule has 1 aliphatic heterocycles. The standard InChI is InChI=1S/C15H25BO4/c1-6-18-15(11-17)9-7-12(8-10-15)16-19-13(2,3)14(4,5)20-16/h7,11H,6,8-10H2,1-5H3. The van der Waals surface area contributed by atoms with E-state index in [1.54, 1.807) is 0 Å². The van der Waals surface area contributed by atoms with Crippen LogP contribution in [0.4, 0.5) is 0 Å². The third kappa shape index (κ3) is 2.71. The summed E-state index contributed by atoms with van der Waals surface area (Å²) in [5.74, 6) is 0. The Balaban J connectivity index is 2.09. The van der Waals surface area contributed by atoms with Crippen molar-refractivity contribution in [1.29, 1.82) is 0 Å². The molecule has 0 N–H and O–H groups in total. The molecule has 0 bridgehead atoms. The van der Waals surface area contributed by atoms with Crippen LogP contribution in [0.3, 0.4) is 0 Å². The van der Waals surface area contributed by atoms with Crippen LogP contribution in [0.2, 0.25) is 0 Å². The van der Waals surface area contributed by atoms with Gasteiger partial charge in [0.15, 0.2) is 6.29 Å². The average molecular weight is 280 g/mol. The van der Waals surface area contributed by atoms with Crippen LogP contribution < -0.4 is 0 Å². The molecule has 20 heavy (non-hydrogen) atoms. The summed E-state index contributed by atoms with van der Waals surface area (Å²) in [5.41, 5.74) is -0.169. The summed E-state index contributed by atoms with van der Waals surface area (Å²) in [5, 5.41) is 0. The first-order valence-corrected chi connectivity index (χ1v) is 7.40. The molecule has 112 valence electrons. The van der Waals surface area contributed by atoms with Crippen LogP contribution in [0.15, 0.2) is 11.5 Å². The maximum atomic E-state index is 11.3. The zero-order valence-electron chi connectivity index (χ0n) is 13.2. The lowest BCUT2D eigenvalue weighted by atomic mass is 9.69. The van der Waals surface area contributed by atoms with Crippen LogP contribution in [-0.2, 0) is 18.8 Å². The Labute approximate surface area is 122 Å². The minimum Gasteiger partial charge on any atom is -0.400 e. The van der Waals surface area contributed by atoms with Crippen LogP contribution in [0, 0.1) is 0 Å². The fraction of sp³-hybridized carbons (Fsp3) is 0.800. The Hall–Kier alpha value is -0.645. The smallest absolute Gasteiger partial charge is 0.400 e. The van der Waals surface area contributed by atoms with E-state index in [0.717, 1.165) is 18.2 Å². The Morgan fingerprint density at radius 3 is 2.30 bits per heavy atom. The van der Waals surface area contributed by atoms with Crippen molar-refractivity contribution in [2.75, 3.05) is 6.61 Å². The first kappa shape index (κ1) is 15.7. The van der Waals surface area contributed by atoms with E-state index in [1.807, 2.05) is 34.6 Å². The highest BCUT2D eigenvalue weighted by molar-refractivity contribution is 6.54. The van der Waals surface area contributed by atoms with Gasteiger partial charge in [0.25, 0.3) is 0 Å². The minimum atomic E-state index is -0.651. The second-order valence-electron chi connectivity index (χ2n) is 6.69. The largest absolute Gasteiger partial charge is 0.490 e. The number of carbonyl (C=O) groups excluding carboxylic acids is 1. The molecule has 0 spiro atoms. The highest BCUT2D eigenvalue weighted by Crippen LogP contribution is 2.41. The van der Waals surface area contributed by atoms with Gasteiger partial charge in [-0.1, -0.05) is 6.08 Å². The molecule has 0 saturated carbocycles. The molecule has 2 aliphatic rings. The van der Waals surface area contributed by atoms with Crippen molar-refractivity contribution in [3.63, 3.8) is 0 Å². The van der Waals surface area contributed by atoms with Gasteiger partial charge in [-0.05, 0) is 52.9 Å². The van der Waals surface area contributed by atoms with Gasteiger partial charge in [-0.15, -0.1) is 0 Å². The molecular formula is C15H25BO4.